The molecule has 0 spiro atoms. The zero-order chi connectivity index (χ0) is 26.3. The van der Waals surface area contributed by atoms with Gasteiger partial charge in [-0.05, 0) is 86.7 Å². The summed E-state index contributed by atoms with van der Waals surface area (Å²) in [5.74, 6) is -2.29. The molecule has 1 unspecified atom stereocenters. The first-order chi connectivity index (χ1) is 17.7. The summed E-state index contributed by atoms with van der Waals surface area (Å²) in [6.07, 6.45) is 2.37. The van der Waals surface area contributed by atoms with Crippen LogP contribution >= 0.6 is 11.8 Å². The maximum absolute atomic E-state index is 14.6. The summed E-state index contributed by atoms with van der Waals surface area (Å²) in [5.41, 5.74) is 3.16. The number of benzene rings is 3. The van der Waals surface area contributed by atoms with E-state index in [9.17, 15) is 17.6 Å². The van der Waals surface area contributed by atoms with Gasteiger partial charge in [-0.25, -0.2) is 22.5 Å². The molecule has 1 aromatic heterocycles. The fourth-order valence-corrected chi connectivity index (χ4v) is 6.10. The first-order valence-corrected chi connectivity index (χ1v) is 12.9. The SMILES string of the molecule is Cc1cc(C2(C)CCCc3nc(SCc4c(F)cc(C#N)cc4F)n(-c4ccc(F)cc4)c32)ccc1F. The highest BCUT2D eigenvalue weighted by Gasteiger charge is 2.39. The first kappa shape index (κ1) is 25.1. The van der Waals surface area contributed by atoms with E-state index in [0.717, 1.165) is 41.9 Å². The van der Waals surface area contributed by atoms with E-state index in [4.69, 9.17) is 10.2 Å². The molecule has 8 heteroatoms. The normalized spacial score (nSPS) is 16.9. The molecule has 1 heterocycles. The highest BCUT2D eigenvalue weighted by atomic mass is 32.2. The van der Waals surface area contributed by atoms with Gasteiger partial charge in [0.2, 0.25) is 0 Å². The van der Waals surface area contributed by atoms with E-state index in [-0.39, 0.29) is 28.5 Å². The van der Waals surface area contributed by atoms with E-state index in [2.05, 4.69) is 6.92 Å². The second kappa shape index (κ2) is 9.71. The lowest BCUT2D eigenvalue weighted by Crippen LogP contribution is -2.31. The van der Waals surface area contributed by atoms with E-state index in [1.165, 1.54) is 30.0 Å². The fraction of sp³-hybridized carbons (Fsp3) is 0.241. The summed E-state index contributed by atoms with van der Waals surface area (Å²) in [6.45, 7) is 3.82. The Morgan fingerprint density at radius 3 is 2.35 bits per heavy atom. The Labute approximate surface area is 216 Å². The van der Waals surface area contributed by atoms with Crippen molar-refractivity contribution in [3.63, 3.8) is 0 Å². The highest BCUT2D eigenvalue weighted by molar-refractivity contribution is 7.98. The summed E-state index contributed by atoms with van der Waals surface area (Å²) in [4.78, 5) is 4.88. The summed E-state index contributed by atoms with van der Waals surface area (Å²) < 4.78 is 59.1. The molecule has 0 N–H and O–H groups in total. The van der Waals surface area contributed by atoms with Crippen molar-refractivity contribution < 1.29 is 17.6 Å². The average molecular weight is 522 g/mol. The van der Waals surface area contributed by atoms with Crippen LogP contribution < -0.4 is 0 Å². The molecule has 1 aliphatic rings. The van der Waals surface area contributed by atoms with Crippen LogP contribution in [0.4, 0.5) is 17.6 Å². The van der Waals surface area contributed by atoms with Crippen molar-refractivity contribution in [1.29, 1.82) is 5.26 Å². The molecule has 0 saturated heterocycles. The molecule has 37 heavy (non-hydrogen) atoms. The van der Waals surface area contributed by atoms with Crippen LogP contribution in [0, 0.1) is 41.5 Å². The number of hydrogen-bond acceptors (Lipinski definition) is 3. The van der Waals surface area contributed by atoms with E-state index in [1.807, 2.05) is 10.6 Å². The highest BCUT2D eigenvalue weighted by Crippen LogP contribution is 2.45. The fourth-order valence-electron chi connectivity index (χ4n) is 5.05. The lowest BCUT2D eigenvalue weighted by Gasteiger charge is -2.36. The smallest absolute Gasteiger partial charge is 0.173 e. The van der Waals surface area contributed by atoms with Crippen molar-refractivity contribution >= 4 is 11.8 Å². The van der Waals surface area contributed by atoms with Crippen molar-refractivity contribution in [2.75, 3.05) is 0 Å². The van der Waals surface area contributed by atoms with E-state index >= 15 is 0 Å². The van der Waals surface area contributed by atoms with Crippen molar-refractivity contribution in [2.45, 2.75) is 49.4 Å². The van der Waals surface area contributed by atoms with Gasteiger partial charge in [-0.15, -0.1) is 0 Å². The van der Waals surface area contributed by atoms with Gasteiger partial charge in [0.05, 0.1) is 23.0 Å². The molecule has 5 rings (SSSR count). The molecule has 0 aliphatic heterocycles. The Balaban J connectivity index is 1.65. The Kier molecular flexibility index (Phi) is 6.59. The molecule has 1 atom stereocenters. The molecule has 3 nitrogen and oxygen atoms in total. The summed E-state index contributed by atoms with van der Waals surface area (Å²) >= 11 is 1.17. The minimum atomic E-state index is -0.791. The Morgan fingerprint density at radius 2 is 1.70 bits per heavy atom. The van der Waals surface area contributed by atoms with Crippen molar-refractivity contribution in [3.8, 4) is 11.8 Å². The largest absolute Gasteiger partial charge is 0.291 e. The number of nitrogens with zero attached hydrogens (tertiary/aromatic N) is 3. The number of fused-ring (bicyclic) bond motifs is 1. The number of aryl methyl sites for hydroxylation is 2. The van der Waals surface area contributed by atoms with Gasteiger partial charge in [-0.3, -0.25) is 4.57 Å². The quantitative estimate of drug-likeness (QED) is 0.201. The first-order valence-electron chi connectivity index (χ1n) is 11.9. The lowest BCUT2D eigenvalue weighted by atomic mass is 9.71. The van der Waals surface area contributed by atoms with Gasteiger partial charge in [-0.2, -0.15) is 5.26 Å². The van der Waals surface area contributed by atoms with E-state index in [1.54, 1.807) is 31.2 Å². The van der Waals surface area contributed by atoms with Gasteiger partial charge in [-0.1, -0.05) is 23.9 Å². The molecular weight excluding hydrogens is 498 g/mol. The maximum Gasteiger partial charge on any atom is 0.173 e. The zero-order valence-electron chi connectivity index (χ0n) is 20.3. The third-order valence-corrected chi connectivity index (χ3v) is 7.99. The lowest BCUT2D eigenvalue weighted by molar-refractivity contribution is 0.441. The molecule has 0 bridgehead atoms. The van der Waals surface area contributed by atoms with E-state index in [0.29, 0.717) is 22.8 Å². The number of nitriles is 1. The second-order valence-electron chi connectivity index (χ2n) is 9.47. The van der Waals surface area contributed by atoms with Gasteiger partial charge in [0.15, 0.2) is 5.16 Å². The second-order valence-corrected chi connectivity index (χ2v) is 10.4. The van der Waals surface area contributed by atoms with Crippen molar-refractivity contribution in [3.05, 3.63) is 112 Å². The van der Waals surface area contributed by atoms with Crippen LogP contribution in [0.15, 0.2) is 59.8 Å². The van der Waals surface area contributed by atoms with E-state index < -0.39 is 17.0 Å². The van der Waals surface area contributed by atoms with Crippen LogP contribution in [-0.2, 0) is 17.6 Å². The van der Waals surface area contributed by atoms with Crippen LogP contribution in [0.1, 0.15) is 53.4 Å². The van der Waals surface area contributed by atoms with Gasteiger partial charge in [0.1, 0.15) is 23.3 Å². The molecule has 3 aromatic carbocycles. The van der Waals surface area contributed by atoms with Gasteiger partial charge in [0.25, 0.3) is 0 Å². The van der Waals surface area contributed by atoms with Crippen LogP contribution in [0.3, 0.4) is 0 Å². The zero-order valence-corrected chi connectivity index (χ0v) is 21.1. The third-order valence-electron chi connectivity index (χ3n) is 7.03. The number of imidazole rings is 1. The van der Waals surface area contributed by atoms with Gasteiger partial charge < -0.3 is 0 Å². The summed E-state index contributed by atoms with van der Waals surface area (Å²) in [6, 6.07) is 14.9. The average Bonchev–Trinajstić information content (AvgIpc) is 3.25. The Morgan fingerprint density at radius 1 is 1.00 bits per heavy atom. The molecule has 1 aliphatic carbocycles. The monoisotopic (exact) mass is 521 g/mol. The predicted octanol–water partition coefficient (Wildman–Crippen LogP) is 7.54. The molecular formula is C29H23F4N3S. The van der Waals surface area contributed by atoms with Crippen LogP contribution in [-0.4, -0.2) is 9.55 Å². The molecule has 0 amide bonds. The van der Waals surface area contributed by atoms with Crippen LogP contribution in [0.25, 0.3) is 5.69 Å². The molecule has 0 radical (unpaired) electrons. The molecule has 188 valence electrons. The summed E-state index contributed by atoms with van der Waals surface area (Å²) in [7, 11) is 0. The molecule has 0 fully saturated rings. The summed E-state index contributed by atoms with van der Waals surface area (Å²) in [5, 5.41) is 9.51. The Bertz CT molecular complexity index is 1520. The van der Waals surface area contributed by atoms with Crippen LogP contribution in [0.2, 0.25) is 0 Å². The molecule has 0 saturated carbocycles. The third kappa shape index (κ3) is 4.53. The number of halogens is 4. The van der Waals surface area contributed by atoms with Crippen LogP contribution in [0.5, 0.6) is 0 Å². The standard InChI is InChI=1S/C29H23F4N3S/c1-17-12-19(5-10-23(17)31)29(2)11-3-4-26-27(29)36(21-8-6-20(30)7-9-21)28(35-26)37-16-22-24(32)13-18(15-34)14-25(22)33/h5-10,12-14H,3-4,11,16H2,1-2H3. The minimum absolute atomic E-state index is 0.0488. The van der Waals surface area contributed by atoms with Crippen molar-refractivity contribution in [2.24, 2.45) is 0 Å². The number of aromatic nitrogens is 2. The van der Waals surface area contributed by atoms with Gasteiger partial charge >= 0.3 is 0 Å². The minimum Gasteiger partial charge on any atom is -0.291 e. The predicted molar refractivity (Wildman–Crippen MR) is 135 cm³/mol. The van der Waals surface area contributed by atoms with Gasteiger partial charge in [0, 0.05) is 22.4 Å². The topological polar surface area (TPSA) is 41.6 Å². The maximum atomic E-state index is 14.6. The Hall–Kier alpha value is -3.57. The van der Waals surface area contributed by atoms with Crippen molar-refractivity contribution in [1.82, 2.24) is 9.55 Å². The number of thioether (sulfide) groups is 1. The number of rotatable bonds is 5. The molecule has 4 aromatic rings. The number of hydrogen-bond donors (Lipinski definition) is 0.